The molecule has 42 nitrogen and oxygen atoms in total. The smallest absolute Gasteiger partial charge is 0.243 e. The number of hydrogen-bond acceptors (Lipinski definition) is 17. The maximum absolute atomic E-state index is 14.7. The number of guanidine groups is 8. The van der Waals surface area contributed by atoms with Crippen LogP contribution in [0, 0.1) is 0 Å². The fraction of sp³-hybridized carbons (Fsp3) is 0.660. The first-order valence-corrected chi connectivity index (χ1v) is 29.4. The number of nitrogens with one attached hydrogen (secondary N) is 8. The van der Waals surface area contributed by atoms with Gasteiger partial charge in [0, 0.05) is 59.3 Å². The van der Waals surface area contributed by atoms with Crippen LogP contribution in [0.15, 0.2) is 39.9 Å². The number of hydrogen-bond donors (Lipinski definition) is 25. The van der Waals surface area contributed by atoms with Gasteiger partial charge in [0.15, 0.2) is 47.7 Å². The molecule has 520 valence electrons. The largest absolute Gasteiger partial charge is 0.370 e. The minimum Gasteiger partial charge on any atom is -0.370 e. The van der Waals surface area contributed by atoms with Crippen molar-refractivity contribution in [2.45, 2.75) is 158 Å². The van der Waals surface area contributed by atoms with Crippen molar-refractivity contribution >= 4 is 101 Å². The Labute approximate surface area is 532 Å². The van der Waals surface area contributed by atoms with Crippen molar-refractivity contribution in [3.63, 3.8) is 0 Å². The quantitative estimate of drug-likeness (QED) is 0.0153. The summed E-state index contributed by atoms with van der Waals surface area (Å²) in [5.41, 5.74) is 94.0. The number of primary amides is 1. The van der Waals surface area contributed by atoms with E-state index in [1.807, 2.05) is 0 Å². The number of amides is 9. The molecule has 0 aliphatic carbocycles. The molecule has 0 heterocycles. The molecular weight excluding hydrogens is 1210 g/mol. The number of nitrogens with zero attached hydrogens (tertiary/aromatic N) is 8. The second-order valence-electron chi connectivity index (χ2n) is 20.7. The van der Waals surface area contributed by atoms with Gasteiger partial charge in [0.25, 0.3) is 0 Å². The highest BCUT2D eigenvalue weighted by molar-refractivity contribution is 5.98. The first kappa shape index (κ1) is 81.4. The minimum absolute atomic E-state index is 0.00492. The van der Waals surface area contributed by atoms with Crippen molar-refractivity contribution in [3.8, 4) is 0 Å². The molecule has 0 aromatic heterocycles. The Morgan fingerprint density at radius 1 is 0.228 bits per heavy atom. The Kier molecular flexibility index (Phi) is 41.1. The number of nitrogens with two attached hydrogens (primary N) is 17. The van der Waals surface area contributed by atoms with Crippen LogP contribution in [0.4, 0.5) is 0 Å². The van der Waals surface area contributed by atoms with Crippen LogP contribution < -0.4 is 140 Å². The summed E-state index contributed by atoms with van der Waals surface area (Å²) in [6.45, 7) is 1.26. The van der Waals surface area contributed by atoms with Crippen molar-refractivity contribution in [2.75, 3.05) is 52.4 Å². The maximum Gasteiger partial charge on any atom is 0.243 e. The monoisotopic (exact) mass is 1310 g/mol. The third-order valence-corrected chi connectivity index (χ3v) is 12.7. The first-order valence-electron chi connectivity index (χ1n) is 29.4. The predicted molar refractivity (Wildman–Crippen MR) is 350 cm³/mol. The van der Waals surface area contributed by atoms with E-state index in [-0.39, 0.29) is 203 Å². The normalized spacial score (nSPS) is 13.1. The van der Waals surface area contributed by atoms with Crippen molar-refractivity contribution in [1.29, 1.82) is 0 Å². The van der Waals surface area contributed by atoms with Gasteiger partial charge < -0.3 is 140 Å². The van der Waals surface area contributed by atoms with E-state index in [0.717, 1.165) is 0 Å². The zero-order chi connectivity index (χ0) is 69.7. The molecule has 0 aliphatic rings. The van der Waals surface area contributed by atoms with Crippen LogP contribution in [-0.2, 0) is 43.2 Å². The average Bonchev–Trinajstić information content (AvgIpc) is 1.09. The van der Waals surface area contributed by atoms with Gasteiger partial charge in [-0.15, -0.1) is 0 Å². The van der Waals surface area contributed by atoms with Gasteiger partial charge in [-0.3, -0.25) is 83.1 Å². The van der Waals surface area contributed by atoms with E-state index in [1.54, 1.807) is 0 Å². The fourth-order valence-electron chi connectivity index (χ4n) is 8.35. The van der Waals surface area contributed by atoms with E-state index in [1.165, 1.54) is 6.92 Å². The lowest BCUT2D eigenvalue weighted by atomic mass is 10.0. The molecule has 9 amide bonds. The molecule has 92 heavy (non-hydrogen) atoms. The van der Waals surface area contributed by atoms with E-state index in [0.29, 0.717) is 0 Å². The van der Waals surface area contributed by atoms with Gasteiger partial charge in [-0.25, -0.2) is 0 Å². The molecule has 0 rings (SSSR count). The minimum atomic E-state index is -1.53. The number of aliphatic imine (C=N–C) groups is 8. The lowest BCUT2D eigenvalue weighted by Gasteiger charge is -2.28. The summed E-state index contributed by atoms with van der Waals surface area (Å²) in [5, 5.41) is 20.9. The second-order valence-corrected chi connectivity index (χ2v) is 20.7. The molecule has 42 heteroatoms. The molecule has 0 aromatic rings. The average molecular weight is 1310 g/mol. The molecule has 42 N–H and O–H groups in total. The third-order valence-electron chi connectivity index (χ3n) is 12.7. The van der Waals surface area contributed by atoms with Crippen molar-refractivity contribution in [2.24, 2.45) is 137 Å². The van der Waals surface area contributed by atoms with E-state index < -0.39 is 101 Å². The Balaban J connectivity index is 7.61. The SMILES string of the molecule is CC(=O)N[C@@H](CCCN=C(N)N)C(=O)N[C@@H](CCCN=C(N)N)C(=O)N[C@@H](CCCN=C(N)N)C(=O)N[C@@H](CCCN=C(N)N)C(=O)N[C@@H](CCCN=C(N)N)C(=O)N[C@@H](CCCN=C(N)N)C(=O)N[C@@H](CCCN=C(N)N)C(=O)N[C@@H](CCCN=C(N)N)C(N)=O. The standard InChI is InChI=1S/C50H101N33O9/c1-26(84)76-28(11-3-19-69-44(54)55)36(86)78-30(13-5-21-71-46(58)59)38(88)80-32(15-7-23-73-48(62)63)40(90)82-34(17-9-25-75-50(66)67)42(92)83-33(16-8-24-74-49(64)65)41(91)81-31(14-6-22-72-47(60)61)39(89)79-29(12-4-20-70-45(56)57)37(87)77-27(35(51)85)10-2-18-68-43(52)53/h27-34H,2-25H2,1H3,(H2,51,85)(H,76,84)(H,77,87)(H,78,86)(H,79,89)(H,80,88)(H,81,91)(H,82,90)(H,83,92)(H4,52,53,68)(H4,54,55,69)(H4,56,57,70)(H4,58,59,71)(H4,60,61,72)(H4,62,63,73)(H4,64,65,74)(H4,66,67,75)/t27-,28-,29-,30-,31-,32-,33-,34-/m0/s1. The maximum atomic E-state index is 14.7. The highest BCUT2D eigenvalue weighted by Crippen LogP contribution is 2.12. The van der Waals surface area contributed by atoms with Crippen molar-refractivity contribution in [1.82, 2.24) is 42.5 Å². The van der Waals surface area contributed by atoms with Crippen LogP contribution in [0.3, 0.4) is 0 Å². The summed E-state index contributed by atoms with van der Waals surface area (Å²) in [6.07, 6.45) is 0.0230. The molecule has 0 saturated heterocycles. The van der Waals surface area contributed by atoms with Crippen molar-refractivity contribution < 1.29 is 43.2 Å². The summed E-state index contributed by atoms with van der Waals surface area (Å²) in [7, 11) is 0. The molecule has 0 radical (unpaired) electrons. The first-order chi connectivity index (χ1) is 43.3. The van der Waals surface area contributed by atoms with Crippen LogP contribution in [0.5, 0.6) is 0 Å². The molecule has 0 saturated carbocycles. The Bertz CT molecular complexity index is 2600. The molecular formula is C50H101N33O9. The van der Waals surface area contributed by atoms with Crippen LogP contribution in [0.25, 0.3) is 0 Å². The van der Waals surface area contributed by atoms with E-state index >= 15 is 0 Å². The predicted octanol–water partition coefficient (Wildman–Crippen LogP) is -12.2. The summed E-state index contributed by atoms with van der Waals surface area (Å²) >= 11 is 0. The topological polar surface area (TPSA) is 791 Å². The molecule has 0 aromatic carbocycles. The van der Waals surface area contributed by atoms with E-state index in [4.69, 9.17) is 97.5 Å². The van der Waals surface area contributed by atoms with Crippen LogP contribution in [-0.4, -0.2) is 202 Å². The molecule has 0 aliphatic heterocycles. The van der Waals surface area contributed by atoms with Gasteiger partial charge in [-0.2, -0.15) is 0 Å². The molecule has 0 spiro atoms. The van der Waals surface area contributed by atoms with Gasteiger partial charge in [-0.05, 0) is 103 Å². The zero-order valence-electron chi connectivity index (χ0n) is 52.2. The number of carbonyl (C=O) groups excluding carboxylic acids is 9. The zero-order valence-corrected chi connectivity index (χ0v) is 52.2. The number of rotatable bonds is 48. The summed E-state index contributed by atoms with van der Waals surface area (Å²) in [4.78, 5) is 157. The summed E-state index contributed by atoms with van der Waals surface area (Å²) < 4.78 is 0. The summed E-state index contributed by atoms with van der Waals surface area (Å²) in [6, 6.07) is -11.2. The third kappa shape index (κ3) is 40.8. The molecule has 0 bridgehead atoms. The molecule has 0 unspecified atom stereocenters. The second kappa shape index (κ2) is 46.5. The summed E-state index contributed by atoms with van der Waals surface area (Å²) in [5.74, 6) is -9.76. The Hall–Kier alpha value is -10.6. The fourth-order valence-corrected chi connectivity index (χ4v) is 8.35. The number of carbonyl (C=O) groups is 9. The van der Waals surface area contributed by atoms with Gasteiger partial charge in [0.05, 0.1) is 0 Å². The lowest BCUT2D eigenvalue weighted by molar-refractivity contribution is -0.136. The Morgan fingerprint density at radius 3 is 0.489 bits per heavy atom. The molecule has 8 atom stereocenters. The van der Waals surface area contributed by atoms with Gasteiger partial charge in [0.2, 0.25) is 53.2 Å². The highest BCUT2D eigenvalue weighted by Gasteiger charge is 2.35. The van der Waals surface area contributed by atoms with Crippen molar-refractivity contribution in [3.05, 3.63) is 0 Å². The van der Waals surface area contributed by atoms with E-state index in [9.17, 15) is 43.2 Å². The highest BCUT2D eigenvalue weighted by atomic mass is 16.2. The van der Waals surface area contributed by atoms with Gasteiger partial charge in [0.1, 0.15) is 48.3 Å². The lowest BCUT2D eigenvalue weighted by Crippen LogP contribution is -2.60. The van der Waals surface area contributed by atoms with Gasteiger partial charge in [-0.1, -0.05) is 0 Å². The van der Waals surface area contributed by atoms with Crippen LogP contribution in [0.1, 0.15) is 110 Å². The van der Waals surface area contributed by atoms with Gasteiger partial charge >= 0.3 is 0 Å². The van der Waals surface area contributed by atoms with E-state index in [2.05, 4.69) is 82.5 Å². The Morgan fingerprint density at radius 2 is 0.359 bits per heavy atom. The van der Waals surface area contributed by atoms with Crippen LogP contribution >= 0.6 is 0 Å². The molecule has 0 fully saturated rings. The van der Waals surface area contributed by atoms with Crippen LogP contribution in [0.2, 0.25) is 0 Å².